The van der Waals surface area contributed by atoms with E-state index in [2.05, 4.69) is 13.8 Å². The van der Waals surface area contributed by atoms with Gasteiger partial charge < -0.3 is 11.5 Å². The van der Waals surface area contributed by atoms with Crippen LogP contribution in [0.4, 0.5) is 0 Å². The van der Waals surface area contributed by atoms with Gasteiger partial charge in [-0.15, -0.1) is 0 Å². The fraction of sp³-hybridized carbons (Fsp3) is 1.00. The van der Waals surface area contributed by atoms with Crippen molar-refractivity contribution in [3.63, 3.8) is 0 Å². The second-order valence-electron chi connectivity index (χ2n) is 8.56. The molecule has 0 aliphatic heterocycles. The Hall–Kier alpha value is -0.0800. The molecule has 0 saturated carbocycles. The molecular formula is C24H52N2. The van der Waals surface area contributed by atoms with Gasteiger partial charge >= 0.3 is 0 Å². The van der Waals surface area contributed by atoms with Gasteiger partial charge in [0.15, 0.2) is 0 Å². The zero-order valence-electron chi connectivity index (χ0n) is 18.5. The highest BCUT2D eigenvalue weighted by Gasteiger charge is 2.12. The molecule has 2 heteroatoms. The summed E-state index contributed by atoms with van der Waals surface area (Å²) in [6.07, 6.45) is 27.1. The SMILES string of the molecule is CCCCCCCCCCC[C@H](N)[C@@H](N)CCCCCCCCCCC. The monoisotopic (exact) mass is 368 g/mol. The van der Waals surface area contributed by atoms with Gasteiger partial charge in [-0.05, 0) is 12.8 Å². The van der Waals surface area contributed by atoms with E-state index in [9.17, 15) is 0 Å². The Morgan fingerprint density at radius 2 is 0.615 bits per heavy atom. The van der Waals surface area contributed by atoms with Crippen LogP contribution in [-0.2, 0) is 0 Å². The van der Waals surface area contributed by atoms with Crippen LogP contribution in [0.5, 0.6) is 0 Å². The molecule has 0 saturated heterocycles. The molecule has 0 radical (unpaired) electrons. The Bertz CT molecular complexity index is 229. The van der Waals surface area contributed by atoms with Crippen LogP contribution < -0.4 is 11.5 Å². The minimum Gasteiger partial charge on any atom is -0.326 e. The van der Waals surface area contributed by atoms with Crippen LogP contribution >= 0.6 is 0 Å². The molecule has 0 aliphatic carbocycles. The first-order valence-corrected chi connectivity index (χ1v) is 12.2. The molecule has 0 aliphatic rings. The highest BCUT2D eigenvalue weighted by Crippen LogP contribution is 2.14. The summed E-state index contributed by atoms with van der Waals surface area (Å²) in [7, 11) is 0. The van der Waals surface area contributed by atoms with Gasteiger partial charge in [-0.2, -0.15) is 0 Å². The molecule has 0 amide bonds. The molecule has 0 spiro atoms. The number of hydrogen-bond donors (Lipinski definition) is 2. The van der Waals surface area contributed by atoms with E-state index in [1.165, 1.54) is 116 Å². The maximum Gasteiger partial charge on any atom is 0.0192 e. The number of rotatable bonds is 21. The molecule has 0 aromatic heterocycles. The zero-order chi connectivity index (χ0) is 19.3. The molecule has 0 heterocycles. The van der Waals surface area contributed by atoms with E-state index in [0.717, 1.165) is 12.8 Å². The van der Waals surface area contributed by atoms with Gasteiger partial charge in [-0.3, -0.25) is 0 Å². The van der Waals surface area contributed by atoms with E-state index in [-0.39, 0.29) is 12.1 Å². The molecule has 2 nitrogen and oxygen atoms in total. The highest BCUT2D eigenvalue weighted by atomic mass is 14.8. The van der Waals surface area contributed by atoms with Crippen LogP contribution in [0.15, 0.2) is 0 Å². The van der Waals surface area contributed by atoms with Gasteiger partial charge in [-0.1, -0.05) is 129 Å². The normalized spacial score (nSPS) is 13.8. The average Bonchev–Trinajstić information content (AvgIpc) is 2.65. The first-order chi connectivity index (χ1) is 12.7. The summed E-state index contributed by atoms with van der Waals surface area (Å²) < 4.78 is 0. The Morgan fingerprint density at radius 3 is 0.885 bits per heavy atom. The van der Waals surface area contributed by atoms with Crippen LogP contribution in [-0.4, -0.2) is 12.1 Å². The van der Waals surface area contributed by atoms with Crippen LogP contribution in [0, 0.1) is 0 Å². The third kappa shape index (κ3) is 18.7. The van der Waals surface area contributed by atoms with E-state index in [0.29, 0.717) is 0 Å². The maximum absolute atomic E-state index is 6.30. The Kier molecular flexibility index (Phi) is 21.2. The smallest absolute Gasteiger partial charge is 0.0192 e. The summed E-state index contributed by atoms with van der Waals surface area (Å²) in [6.45, 7) is 4.56. The van der Waals surface area contributed by atoms with Crippen LogP contribution in [0.3, 0.4) is 0 Å². The van der Waals surface area contributed by atoms with Crippen molar-refractivity contribution in [2.45, 2.75) is 154 Å². The summed E-state index contributed by atoms with van der Waals surface area (Å²) >= 11 is 0. The van der Waals surface area contributed by atoms with Gasteiger partial charge in [0.25, 0.3) is 0 Å². The van der Waals surface area contributed by atoms with E-state index in [1.807, 2.05) is 0 Å². The van der Waals surface area contributed by atoms with Gasteiger partial charge in [0.2, 0.25) is 0 Å². The van der Waals surface area contributed by atoms with Crippen molar-refractivity contribution in [2.75, 3.05) is 0 Å². The molecule has 0 bridgehead atoms. The number of hydrogen-bond acceptors (Lipinski definition) is 2. The minimum absolute atomic E-state index is 0.216. The summed E-state index contributed by atoms with van der Waals surface area (Å²) in [5.74, 6) is 0. The second kappa shape index (κ2) is 21.2. The standard InChI is InChI=1S/C24H52N2/c1-3-5-7-9-11-13-15-17-19-21-23(25)24(26)22-20-18-16-14-12-10-8-6-4-2/h23-24H,3-22,25-26H2,1-2H3/t23-,24-/m0/s1. The van der Waals surface area contributed by atoms with Crippen LogP contribution in [0.1, 0.15) is 142 Å². The lowest BCUT2D eigenvalue weighted by molar-refractivity contribution is 0.428. The topological polar surface area (TPSA) is 52.0 Å². The molecule has 158 valence electrons. The largest absolute Gasteiger partial charge is 0.326 e. The number of unbranched alkanes of at least 4 members (excludes halogenated alkanes) is 16. The van der Waals surface area contributed by atoms with Crippen molar-refractivity contribution in [3.8, 4) is 0 Å². The van der Waals surface area contributed by atoms with Crippen molar-refractivity contribution >= 4 is 0 Å². The quantitative estimate of drug-likeness (QED) is 0.206. The molecule has 0 aromatic rings. The maximum atomic E-state index is 6.30. The lowest BCUT2D eigenvalue weighted by Gasteiger charge is -2.19. The van der Waals surface area contributed by atoms with Gasteiger partial charge in [-0.25, -0.2) is 0 Å². The zero-order valence-corrected chi connectivity index (χ0v) is 18.5. The lowest BCUT2D eigenvalue weighted by atomic mass is 9.96. The molecule has 2 atom stereocenters. The predicted octanol–water partition coefficient (Wildman–Crippen LogP) is 7.48. The van der Waals surface area contributed by atoms with Crippen LogP contribution in [0.2, 0.25) is 0 Å². The van der Waals surface area contributed by atoms with E-state index in [4.69, 9.17) is 11.5 Å². The number of nitrogens with two attached hydrogens (primary N) is 2. The fourth-order valence-electron chi connectivity index (χ4n) is 3.81. The van der Waals surface area contributed by atoms with Gasteiger partial charge in [0, 0.05) is 12.1 Å². The third-order valence-electron chi connectivity index (χ3n) is 5.83. The first kappa shape index (κ1) is 25.9. The summed E-state index contributed by atoms with van der Waals surface area (Å²) in [6, 6.07) is 0.433. The van der Waals surface area contributed by atoms with E-state index < -0.39 is 0 Å². The molecular weight excluding hydrogens is 316 g/mol. The molecule has 4 N–H and O–H groups in total. The van der Waals surface area contributed by atoms with Crippen molar-refractivity contribution < 1.29 is 0 Å². The van der Waals surface area contributed by atoms with Crippen molar-refractivity contribution in [1.82, 2.24) is 0 Å². The van der Waals surface area contributed by atoms with Crippen LogP contribution in [0.25, 0.3) is 0 Å². The Labute approximate surface area is 166 Å². The Morgan fingerprint density at radius 1 is 0.385 bits per heavy atom. The van der Waals surface area contributed by atoms with Gasteiger partial charge in [0.05, 0.1) is 0 Å². The fourth-order valence-corrected chi connectivity index (χ4v) is 3.81. The lowest BCUT2D eigenvalue weighted by Crippen LogP contribution is -2.41. The average molecular weight is 369 g/mol. The summed E-state index contributed by atoms with van der Waals surface area (Å²) in [4.78, 5) is 0. The molecule has 0 unspecified atom stereocenters. The molecule has 0 rings (SSSR count). The third-order valence-corrected chi connectivity index (χ3v) is 5.83. The summed E-state index contributed by atoms with van der Waals surface area (Å²) in [5, 5.41) is 0. The minimum atomic E-state index is 0.216. The van der Waals surface area contributed by atoms with Crippen molar-refractivity contribution in [2.24, 2.45) is 11.5 Å². The van der Waals surface area contributed by atoms with E-state index in [1.54, 1.807) is 0 Å². The molecule has 0 fully saturated rings. The first-order valence-electron chi connectivity index (χ1n) is 12.2. The molecule has 26 heavy (non-hydrogen) atoms. The van der Waals surface area contributed by atoms with E-state index >= 15 is 0 Å². The second-order valence-corrected chi connectivity index (χ2v) is 8.56. The summed E-state index contributed by atoms with van der Waals surface area (Å²) in [5.41, 5.74) is 12.6. The molecule has 0 aromatic carbocycles. The van der Waals surface area contributed by atoms with Crippen molar-refractivity contribution in [1.29, 1.82) is 0 Å². The van der Waals surface area contributed by atoms with Gasteiger partial charge in [0.1, 0.15) is 0 Å². The Balaban J connectivity index is 3.31. The highest BCUT2D eigenvalue weighted by molar-refractivity contribution is 4.75. The predicted molar refractivity (Wildman–Crippen MR) is 120 cm³/mol. The van der Waals surface area contributed by atoms with Crippen molar-refractivity contribution in [3.05, 3.63) is 0 Å².